The fourth-order valence-electron chi connectivity index (χ4n) is 3.01. The molecule has 1 amide bonds. The van der Waals surface area contributed by atoms with Crippen molar-refractivity contribution in [1.82, 2.24) is 14.9 Å². The van der Waals surface area contributed by atoms with E-state index in [-0.39, 0.29) is 17.8 Å². The third-order valence-corrected chi connectivity index (χ3v) is 4.30. The highest BCUT2D eigenvalue weighted by atomic mass is 16.6. The molecule has 0 spiro atoms. The number of nitrogens with zero attached hydrogens (tertiary/aromatic N) is 5. The summed E-state index contributed by atoms with van der Waals surface area (Å²) in [5.41, 5.74) is 0.540. The number of carbonyl (C=O) groups excluding carboxylic acids is 1. The van der Waals surface area contributed by atoms with Gasteiger partial charge in [0.2, 0.25) is 0 Å². The van der Waals surface area contributed by atoms with Crippen LogP contribution in [0, 0.1) is 10.1 Å². The summed E-state index contributed by atoms with van der Waals surface area (Å²) in [7, 11) is 0. The number of piperazine rings is 1. The molecule has 1 aliphatic heterocycles. The van der Waals surface area contributed by atoms with E-state index in [1.54, 1.807) is 17.2 Å². The number of benzene rings is 1. The number of fused-ring (bicyclic) bond motifs is 1. The zero-order chi connectivity index (χ0) is 19.8. The Labute approximate surface area is 157 Å². The van der Waals surface area contributed by atoms with Crippen LogP contribution in [0.4, 0.5) is 16.3 Å². The van der Waals surface area contributed by atoms with Gasteiger partial charge in [0, 0.05) is 37.8 Å². The molecule has 9 heteroatoms. The quantitative estimate of drug-likeness (QED) is 0.589. The average Bonchev–Trinajstić information content (AvgIpc) is 2.59. The first-order valence-corrected chi connectivity index (χ1v) is 8.80. The fraction of sp³-hybridized carbons (Fsp3) is 0.500. The van der Waals surface area contributed by atoms with Crippen molar-refractivity contribution >= 4 is 28.6 Å². The van der Waals surface area contributed by atoms with Crippen molar-refractivity contribution in [2.75, 3.05) is 24.5 Å². The van der Waals surface area contributed by atoms with E-state index < -0.39 is 10.5 Å². The highest BCUT2D eigenvalue weighted by Crippen LogP contribution is 2.23. The normalized spacial score (nSPS) is 17.9. The standard InChI is InChI=1S/C18H23N5O4/c1-12-11-21(7-8-22(12)17(24)27-18(2,3)4)16-10-19-15-9-13(23(25)26)5-6-14(15)20-16/h5-6,9-10,12H,7-8,11H2,1-4H3/t12-/m1/s1. The average molecular weight is 373 g/mol. The van der Waals surface area contributed by atoms with Gasteiger partial charge >= 0.3 is 6.09 Å². The van der Waals surface area contributed by atoms with Crippen LogP contribution in [0.5, 0.6) is 0 Å². The number of anilines is 1. The second kappa shape index (κ2) is 6.98. The van der Waals surface area contributed by atoms with Gasteiger partial charge in [0.15, 0.2) is 0 Å². The molecule has 0 N–H and O–H groups in total. The number of rotatable bonds is 2. The van der Waals surface area contributed by atoms with Crippen molar-refractivity contribution in [2.45, 2.75) is 39.3 Å². The molecule has 9 nitrogen and oxygen atoms in total. The molecule has 0 radical (unpaired) electrons. The zero-order valence-corrected chi connectivity index (χ0v) is 15.9. The Kier molecular flexibility index (Phi) is 4.86. The van der Waals surface area contributed by atoms with E-state index >= 15 is 0 Å². The number of hydrogen-bond acceptors (Lipinski definition) is 7. The van der Waals surface area contributed by atoms with Gasteiger partial charge in [-0.3, -0.25) is 15.1 Å². The van der Waals surface area contributed by atoms with Crippen LogP contribution in [0.25, 0.3) is 11.0 Å². The van der Waals surface area contributed by atoms with E-state index in [1.165, 1.54) is 12.1 Å². The molecule has 3 rings (SSSR count). The first kappa shape index (κ1) is 18.8. The molecule has 0 saturated carbocycles. The second-order valence-electron chi connectivity index (χ2n) is 7.63. The van der Waals surface area contributed by atoms with Gasteiger partial charge in [-0.1, -0.05) is 0 Å². The Bertz CT molecular complexity index is 880. The minimum atomic E-state index is -0.527. The maximum Gasteiger partial charge on any atom is 0.410 e. The summed E-state index contributed by atoms with van der Waals surface area (Å²) < 4.78 is 5.46. The summed E-state index contributed by atoms with van der Waals surface area (Å²) in [5.74, 6) is 0.687. The molecule has 2 heterocycles. The van der Waals surface area contributed by atoms with Crippen LogP contribution in [0.2, 0.25) is 0 Å². The number of non-ortho nitro benzene ring substituents is 1. The number of hydrogen-bond donors (Lipinski definition) is 0. The lowest BCUT2D eigenvalue weighted by Crippen LogP contribution is -2.55. The van der Waals surface area contributed by atoms with Gasteiger partial charge in [-0.2, -0.15) is 0 Å². The number of aromatic nitrogens is 2. The Morgan fingerprint density at radius 3 is 2.67 bits per heavy atom. The highest BCUT2D eigenvalue weighted by Gasteiger charge is 2.31. The Balaban J connectivity index is 1.74. The summed E-state index contributed by atoms with van der Waals surface area (Å²) >= 11 is 0. The van der Waals surface area contributed by atoms with E-state index in [1.807, 2.05) is 27.7 Å². The van der Waals surface area contributed by atoms with Crippen LogP contribution in [-0.4, -0.2) is 57.2 Å². The smallest absolute Gasteiger partial charge is 0.410 e. The van der Waals surface area contributed by atoms with Gasteiger partial charge in [0.25, 0.3) is 5.69 Å². The van der Waals surface area contributed by atoms with Crippen LogP contribution < -0.4 is 4.90 Å². The van der Waals surface area contributed by atoms with Crippen LogP contribution in [-0.2, 0) is 4.74 Å². The van der Waals surface area contributed by atoms with Crippen LogP contribution >= 0.6 is 0 Å². The lowest BCUT2D eigenvalue weighted by molar-refractivity contribution is -0.384. The van der Waals surface area contributed by atoms with Crippen molar-refractivity contribution in [3.8, 4) is 0 Å². The minimum Gasteiger partial charge on any atom is -0.444 e. The summed E-state index contributed by atoms with van der Waals surface area (Å²) in [4.78, 5) is 35.4. The Morgan fingerprint density at radius 1 is 1.30 bits per heavy atom. The molecule has 1 saturated heterocycles. The van der Waals surface area contributed by atoms with Crippen molar-refractivity contribution in [3.05, 3.63) is 34.5 Å². The van der Waals surface area contributed by atoms with Crippen molar-refractivity contribution < 1.29 is 14.5 Å². The second-order valence-corrected chi connectivity index (χ2v) is 7.63. The van der Waals surface area contributed by atoms with Gasteiger partial charge in [-0.05, 0) is 33.8 Å². The van der Waals surface area contributed by atoms with Crippen molar-refractivity contribution in [3.63, 3.8) is 0 Å². The number of amides is 1. The predicted molar refractivity (Wildman–Crippen MR) is 101 cm³/mol. The highest BCUT2D eigenvalue weighted by molar-refractivity contribution is 5.78. The molecule has 0 bridgehead atoms. The van der Waals surface area contributed by atoms with E-state index in [4.69, 9.17) is 4.74 Å². The number of nitro groups is 1. The molecule has 0 aliphatic carbocycles. The summed E-state index contributed by atoms with van der Waals surface area (Å²) in [6, 6.07) is 4.39. The molecule has 27 heavy (non-hydrogen) atoms. The van der Waals surface area contributed by atoms with Crippen LogP contribution in [0.1, 0.15) is 27.7 Å². The molecule has 1 aromatic heterocycles. The largest absolute Gasteiger partial charge is 0.444 e. The van der Waals surface area contributed by atoms with E-state index in [0.29, 0.717) is 36.5 Å². The first-order valence-electron chi connectivity index (χ1n) is 8.80. The SMILES string of the molecule is C[C@@H]1CN(c2cnc3cc([N+](=O)[O-])ccc3n2)CCN1C(=O)OC(C)(C)C. The van der Waals surface area contributed by atoms with Crippen LogP contribution in [0.3, 0.4) is 0 Å². The third kappa shape index (κ3) is 4.24. The molecular weight excluding hydrogens is 350 g/mol. The number of nitro benzene ring substituents is 1. The topological polar surface area (TPSA) is 102 Å². The summed E-state index contributed by atoms with van der Waals surface area (Å²) in [6.07, 6.45) is 1.30. The van der Waals surface area contributed by atoms with Gasteiger partial charge in [-0.15, -0.1) is 0 Å². The molecule has 0 unspecified atom stereocenters. The maximum atomic E-state index is 12.3. The molecule has 1 fully saturated rings. The predicted octanol–water partition coefficient (Wildman–Crippen LogP) is 2.98. The van der Waals surface area contributed by atoms with Crippen LogP contribution in [0.15, 0.2) is 24.4 Å². The van der Waals surface area contributed by atoms with Gasteiger partial charge < -0.3 is 14.5 Å². The Morgan fingerprint density at radius 2 is 2.04 bits per heavy atom. The first-order chi connectivity index (χ1) is 12.6. The number of ether oxygens (including phenoxy) is 1. The van der Waals surface area contributed by atoms with Crippen molar-refractivity contribution in [2.24, 2.45) is 0 Å². The lowest BCUT2D eigenvalue weighted by atomic mass is 10.2. The van der Waals surface area contributed by atoms with E-state index in [0.717, 1.165) is 0 Å². The van der Waals surface area contributed by atoms with E-state index in [9.17, 15) is 14.9 Å². The number of carbonyl (C=O) groups is 1. The third-order valence-electron chi connectivity index (χ3n) is 4.30. The Hall–Kier alpha value is -2.97. The summed E-state index contributed by atoms with van der Waals surface area (Å²) in [6.45, 7) is 9.25. The van der Waals surface area contributed by atoms with E-state index in [2.05, 4.69) is 14.9 Å². The van der Waals surface area contributed by atoms with Crippen molar-refractivity contribution in [1.29, 1.82) is 0 Å². The minimum absolute atomic E-state index is 0.0100. The molecule has 1 aromatic carbocycles. The van der Waals surface area contributed by atoms with Gasteiger partial charge in [0.1, 0.15) is 11.4 Å². The summed E-state index contributed by atoms with van der Waals surface area (Å²) in [5, 5.41) is 10.9. The maximum absolute atomic E-state index is 12.3. The molecule has 2 aromatic rings. The lowest BCUT2D eigenvalue weighted by Gasteiger charge is -2.40. The molecular formula is C18H23N5O4. The molecule has 1 aliphatic rings. The molecule has 1 atom stereocenters. The fourth-order valence-corrected chi connectivity index (χ4v) is 3.01. The van der Waals surface area contributed by atoms with Gasteiger partial charge in [0.05, 0.1) is 22.2 Å². The molecule has 144 valence electrons. The monoisotopic (exact) mass is 373 g/mol. The zero-order valence-electron chi connectivity index (χ0n) is 15.9. The van der Waals surface area contributed by atoms with Gasteiger partial charge in [-0.25, -0.2) is 9.78 Å².